The zero-order valence-electron chi connectivity index (χ0n) is 15.8. The molecule has 0 saturated carbocycles. The number of piperidine rings is 1. The lowest BCUT2D eigenvalue weighted by Gasteiger charge is -2.31. The summed E-state index contributed by atoms with van der Waals surface area (Å²) in [4.78, 5) is 39.6. The lowest BCUT2D eigenvalue weighted by molar-refractivity contribution is -0.127. The normalized spacial score (nSPS) is 17.9. The molecule has 0 spiro atoms. The van der Waals surface area contributed by atoms with Crippen molar-refractivity contribution in [1.29, 1.82) is 0 Å². The smallest absolute Gasteiger partial charge is 0.256 e. The number of rotatable bonds is 6. The van der Waals surface area contributed by atoms with Crippen LogP contribution in [0.2, 0.25) is 0 Å². The Morgan fingerprint density at radius 3 is 2.54 bits per heavy atom. The van der Waals surface area contributed by atoms with Crippen molar-refractivity contribution in [2.75, 3.05) is 32.7 Å². The Bertz CT molecular complexity index is 748. The third-order valence-corrected chi connectivity index (χ3v) is 5.39. The molecule has 0 atom stereocenters. The van der Waals surface area contributed by atoms with Crippen LogP contribution in [0.4, 0.5) is 8.78 Å². The van der Waals surface area contributed by atoms with E-state index in [4.69, 9.17) is 0 Å². The quantitative estimate of drug-likeness (QED) is 0.751. The molecule has 0 bridgehead atoms. The van der Waals surface area contributed by atoms with Gasteiger partial charge in [0.2, 0.25) is 11.8 Å². The van der Waals surface area contributed by atoms with Gasteiger partial charge in [0, 0.05) is 51.1 Å². The Labute approximate surface area is 162 Å². The van der Waals surface area contributed by atoms with Gasteiger partial charge in [0.1, 0.15) is 11.6 Å². The summed E-state index contributed by atoms with van der Waals surface area (Å²) in [5, 5.41) is 2.90. The zero-order valence-corrected chi connectivity index (χ0v) is 15.8. The Balaban J connectivity index is 1.40. The molecule has 152 valence electrons. The van der Waals surface area contributed by atoms with E-state index in [1.165, 1.54) is 4.90 Å². The summed E-state index contributed by atoms with van der Waals surface area (Å²) in [7, 11) is 0. The fraction of sp³-hybridized carbons (Fsp3) is 0.550. The van der Waals surface area contributed by atoms with Crippen molar-refractivity contribution in [2.24, 2.45) is 5.92 Å². The molecule has 2 fully saturated rings. The lowest BCUT2D eigenvalue weighted by atomic mass is 9.95. The van der Waals surface area contributed by atoms with Crippen LogP contribution in [0, 0.1) is 17.6 Å². The molecule has 2 aliphatic heterocycles. The number of halogens is 2. The van der Waals surface area contributed by atoms with E-state index >= 15 is 0 Å². The Morgan fingerprint density at radius 1 is 1.14 bits per heavy atom. The van der Waals surface area contributed by atoms with E-state index in [2.05, 4.69) is 5.32 Å². The number of carbonyl (C=O) groups excluding carboxylic acids is 3. The maximum absolute atomic E-state index is 13.8. The summed E-state index contributed by atoms with van der Waals surface area (Å²) in [6.45, 7) is 2.69. The first-order valence-corrected chi connectivity index (χ1v) is 9.75. The maximum atomic E-state index is 13.8. The van der Waals surface area contributed by atoms with Crippen molar-refractivity contribution >= 4 is 17.7 Å². The summed E-state index contributed by atoms with van der Waals surface area (Å²) in [6.07, 6.45) is 3.25. The van der Waals surface area contributed by atoms with Crippen molar-refractivity contribution in [1.82, 2.24) is 15.1 Å². The first-order valence-electron chi connectivity index (χ1n) is 9.75. The van der Waals surface area contributed by atoms with Gasteiger partial charge in [-0.3, -0.25) is 14.4 Å². The van der Waals surface area contributed by atoms with E-state index < -0.39 is 17.5 Å². The van der Waals surface area contributed by atoms with Gasteiger partial charge in [-0.1, -0.05) is 0 Å². The fourth-order valence-electron chi connectivity index (χ4n) is 3.74. The summed E-state index contributed by atoms with van der Waals surface area (Å²) in [5.74, 6) is -2.13. The lowest BCUT2D eigenvalue weighted by Crippen LogP contribution is -2.43. The van der Waals surface area contributed by atoms with Crippen LogP contribution in [0.1, 0.15) is 42.5 Å². The molecular formula is C20H25F2N3O3. The van der Waals surface area contributed by atoms with Gasteiger partial charge < -0.3 is 15.1 Å². The van der Waals surface area contributed by atoms with E-state index in [-0.39, 0.29) is 23.3 Å². The summed E-state index contributed by atoms with van der Waals surface area (Å²) >= 11 is 0. The molecule has 0 aliphatic carbocycles. The van der Waals surface area contributed by atoms with E-state index in [9.17, 15) is 23.2 Å². The van der Waals surface area contributed by atoms with E-state index in [1.54, 1.807) is 0 Å². The number of carbonyl (C=O) groups is 3. The predicted octanol–water partition coefficient (Wildman–Crippen LogP) is 1.95. The molecule has 1 aromatic carbocycles. The fourth-order valence-corrected chi connectivity index (χ4v) is 3.74. The molecule has 1 N–H and O–H groups in total. The maximum Gasteiger partial charge on any atom is 0.256 e. The van der Waals surface area contributed by atoms with Crippen LogP contribution in [0.5, 0.6) is 0 Å². The molecule has 0 unspecified atom stereocenters. The summed E-state index contributed by atoms with van der Waals surface area (Å²) in [6, 6.07) is 2.91. The second-order valence-electron chi connectivity index (χ2n) is 7.32. The number of amides is 3. The van der Waals surface area contributed by atoms with Crippen LogP contribution >= 0.6 is 0 Å². The average Bonchev–Trinajstić information content (AvgIpc) is 3.09. The van der Waals surface area contributed by atoms with Crippen molar-refractivity contribution in [3.05, 3.63) is 35.4 Å². The van der Waals surface area contributed by atoms with Gasteiger partial charge in [0.25, 0.3) is 5.91 Å². The highest BCUT2D eigenvalue weighted by Gasteiger charge is 2.29. The number of nitrogens with one attached hydrogen (secondary N) is 1. The van der Waals surface area contributed by atoms with Gasteiger partial charge in [-0.05, 0) is 37.8 Å². The number of nitrogens with zero attached hydrogens (tertiary/aromatic N) is 2. The van der Waals surface area contributed by atoms with Gasteiger partial charge in [-0.25, -0.2) is 8.78 Å². The topological polar surface area (TPSA) is 69.7 Å². The molecule has 3 rings (SSSR count). The highest BCUT2D eigenvalue weighted by molar-refractivity contribution is 5.94. The van der Waals surface area contributed by atoms with Crippen LogP contribution in [0.25, 0.3) is 0 Å². The first kappa shape index (κ1) is 20.2. The molecule has 28 heavy (non-hydrogen) atoms. The largest absolute Gasteiger partial charge is 0.356 e. The van der Waals surface area contributed by atoms with Crippen LogP contribution in [0.3, 0.4) is 0 Å². The highest BCUT2D eigenvalue weighted by Crippen LogP contribution is 2.21. The van der Waals surface area contributed by atoms with E-state index in [0.717, 1.165) is 31.5 Å². The molecule has 0 radical (unpaired) electrons. The van der Waals surface area contributed by atoms with Gasteiger partial charge in [0.05, 0.1) is 5.56 Å². The highest BCUT2D eigenvalue weighted by atomic mass is 19.1. The number of benzene rings is 1. The molecule has 2 saturated heterocycles. The molecule has 6 nitrogen and oxygen atoms in total. The van der Waals surface area contributed by atoms with Gasteiger partial charge in [-0.2, -0.15) is 0 Å². The molecule has 8 heteroatoms. The monoisotopic (exact) mass is 393 g/mol. The standard InChI is InChI=1S/C20H25F2N3O3/c21-15-4-5-16(17(22)13-15)20(28)25-11-6-14(7-12-25)19(27)23-8-2-10-24-9-1-3-18(24)26/h4-5,13-14H,1-3,6-12H2,(H,23,27). The Morgan fingerprint density at radius 2 is 1.89 bits per heavy atom. The van der Waals surface area contributed by atoms with E-state index in [1.807, 2.05) is 4.90 Å². The van der Waals surface area contributed by atoms with Gasteiger partial charge >= 0.3 is 0 Å². The molecule has 1 aromatic rings. The third kappa shape index (κ3) is 4.85. The minimum Gasteiger partial charge on any atom is -0.356 e. The molecular weight excluding hydrogens is 368 g/mol. The van der Waals surface area contributed by atoms with Crippen LogP contribution in [-0.4, -0.2) is 60.2 Å². The van der Waals surface area contributed by atoms with Crippen LogP contribution in [-0.2, 0) is 9.59 Å². The predicted molar refractivity (Wildman–Crippen MR) is 98.4 cm³/mol. The minimum absolute atomic E-state index is 0.0483. The molecule has 2 aliphatic rings. The van der Waals surface area contributed by atoms with Crippen molar-refractivity contribution < 1.29 is 23.2 Å². The third-order valence-electron chi connectivity index (χ3n) is 5.39. The Hall–Kier alpha value is -2.51. The van der Waals surface area contributed by atoms with Crippen LogP contribution in [0.15, 0.2) is 18.2 Å². The first-order chi connectivity index (χ1) is 13.5. The van der Waals surface area contributed by atoms with Crippen molar-refractivity contribution in [2.45, 2.75) is 32.1 Å². The summed E-state index contributed by atoms with van der Waals surface area (Å²) < 4.78 is 26.8. The molecule has 2 heterocycles. The van der Waals surface area contributed by atoms with Crippen molar-refractivity contribution in [3.63, 3.8) is 0 Å². The van der Waals surface area contributed by atoms with Crippen molar-refractivity contribution in [3.8, 4) is 0 Å². The Kier molecular flexibility index (Phi) is 6.59. The second kappa shape index (κ2) is 9.12. The van der Waals surface area contributed by atoms with Gasteiger partial charge in [0.15, 0.2) is 0 Å². The zero-order chi connectivity index (χ0) is 20.1. The molecule has 3 amide bonds. The van der Waals surface area contributed by atoms with E-state index in [0.29, 0.717) is 51.5 Å². The SMILES string of the molecule is O=C(NCCCN1CCCC1=O)C1CCN(C(=O)c2ccc(F)cc2F)CC1. The number of hydrogen-bond acceptors (Lipinski definition) is 3. The minimum atomic E-state index is -0.874. The molecule has 0 aromatic heterocycles. The van der Waals surface area contributed by atoms with Gasteiger partial charge in [-0.15, -0.1) is 0 Å². The number of likely N-dealkylation sites (tertiary alicyclic amines) is 2. The number of hydrogen-bond donors (Lipinski definition) is 1. The second-order valence-corrected chi connectivity index (χ2v) is 7.32. The average molecular weight is 393 g/mol. The summed E-state index contributed by atoms with van der Waals surface area (Å²) in [5.41, 5.74) is -0.152. The van der Waals surface area contributed by atoms with Crippen LogP contribution < -0.4 is 5.32 Å².